The number of anilines is 1. The summed E-state index contributed by atoms with van der Waals surface area (Å²) in [5.74, 6) is 0. The molecule has 1 aliphatic rings. The zero-order valence-corrected chi connectivity index (χ0v) is 13.4. The monoisotopic (exact) mass is 329 g/mol. The van der Waals surface area contributed by atoms with E-state index in [4.69, 9.17) is 23.2 Å². The molecular weight excluding hydrogens is 317 g/mol. The summed E-state index contributed by atoms with van der Waals surface area (Å²) in [4.78, 5) is 0. The summed E-state index contributed by atoms with van der Waals surface area (Å²) in [6.07, 6.45) is -0.103. The smallest absolute Gasteiger partial charge is 0.147 e. The predicted molar refractivity (Wildman–Crippen MR) is 90.6 cm³/mol. The number of para-hydroxylation sites is 1. The molecule has 0 saturated carbocycles. The molecular formula is C17H13Cl2N3. The maximum atomic E-state index is 6.18. The fourth-order valence-electron chi connectivity index (χ4n) is 2.86. The van der Waals surface area contributed by atoms with Gasteiger partial charge in [-0.05, 0) is 36.8 Å². The van der Waals surface area contributed by atoms with Crippen LogP contribution in [-0.2, 0) is 0 Å². The van der Waals surface area contributed by atoms with E-state index >= 15 is 0 Å². The Morgan fingerprint density at radius 1 is 1.05 bits per heavy atom. The number of aromatic nitrogens is 2. The van der Waals surface area contributed by atoms with Gasteiger partial charge in [-0.25, -0.2) is 4.68 Å². The van der Waals surface area contributed by atoms with Crippen LogP contribution in [0.25, 0.3) is 11.3 Å². The number of nitrogens with one attached hydrogen (secondary N) is 1. The Labute approximate surface area is 138 Å². The van der Waals surface area contributed by atoms with Crippen LogP contribution in [0.4, 0.5) is 5.69 Å². The lowest BCUT2D eigenvalue weighted by Crippen LogP contribution is -2.25. The summed E-state index contributed by atoms with van der Waals surface area (Å²) in [5, 5.41) is 9.27. The highest BCUT2D eigenvalue weighted by Crippen LogP contribution is 2.39. The van der Waals surface area contributed by atoms with Crippen molar-refractivity contribution in [2.45, 2.75) is 13.1 Å². The zero-order valence-electron chi connectivity index (χ0n) is 11.8. The van der Waals surface area contributed by atoms with Gasteiger partial charge in [0, 0.05) is 11.3 Å². The third kappa shape index (κ3) is 2.09. The molecule has 0 bridgehead atoms. The first-order valence-electron chi connectivity index (χ1n) is 7.00. The molecule has 2 heterocycles. The summed E-state index contributed by atoms with van der Waals surface area (Å²) in [6.45, 7) is 2.00. The van der Waals surface area contributed by atoms with Crippen LogP contribution in [0.5, 0.6) is 0 Å². The van der Waals surface area contributed by atoms with Gasteiger partial charge in [0.15, 0.2) is 0 Å². The minimum Gasteiger partial charge on any atom is -0.359 e. The van der Waals surface area contributed by atoms with E-state index in [0.29, 0.717) is 10.0 Å². The first-order valence-corrected chi connectivity index (χ1v) is 7.76. The summed E-state index contributed by atoms with van der Waals surface area (Å²) >= 11 is 12.2. The first-order chi connectivity index (χ1) is 10.6. The molecule has 0 spiro atoms. The lowest BCUT2D eigenvalue weighted by molar-refractivity contribution is 0.571. The lowest BCUT2D eigenvalue weighted by Gasteiger charge is -2.29. The van der Waals surface area contributed by atoms with Crippen molar-refractivity contribution in [3.63, 3.8) is 0 Å². The second-order valence-electron chi connectivity index (χ2n) is 5.38. The molecule has 3 aromatic rings. The average molecular weight is 330 g/mol. The van der Waals surface area contributed by atoms with Crippen LogP contribution in [0.15, 0.2) is 48.5 Å². The van der Waals surface area contributed by atoms with Crippen molar-refractivity contribution >= 4 is 28.9 Å². The van der Waals surface area contributed by atoms with Crippen LogP contribution in [-0.4, -0.2) is 9.78 Å². The number of hydrogen-bond donors (Lipinski definition) is 1. The largest absolute Gasteiger partial charge is 0.359 e. The molecule has 5 heteroatoms. The van der Waals surface area contributed by atoms with Crippen molar-refractivity contribution < 1.29 is 0 Å². The van der Waals surface area contributed by atoms with Gasteiger partial charge < -0.3 is 5.32 Å². The van der Waals surface area contributed by atoms with Gasteiger partial charge in [-0.2, -0.15) is 5.10 Å². The van der Waals surface area contributed by atoms with Gasteiger partial charge in [0.25, 0.3) is 0 Å². The molecule has 0 saturated heterocycles. The summed E-state index contributed by atoms with van der Waals surface area (Å²) in [5.41, 5.74) is 5.35. The molecule has 1 N–H and O–H groups in total. The van der Waals surface area contributed by atoms with Crippen molar-refractivity contribution in [1.82, 2.24) is 9.78 Å². The highest BCUT2D eigenvalue weighted by atomic mass is 35.5. The number of aryl methyl sites for hydroxylation is 1. The van der Waals surface area contributed by atoms with Crippen LogP contribution in [0.3, 0.4) is 0 Å². The maximum absolute atomic E-state index is 6.18. The third-order valence-electron chi connectivity index (χ3n) is 3.86. The zero-order chi connectivity index (χ0) is 15.3. The summed E-state index contributed by atoms with van der Waals surface area (Å²) in [7, 11) is 0. The number of halogens is 2. The van der Waals surface area contributed by atoms with Crippen molar-refractivity contribution in [2.75, 3.05) is 5.32 Å². The van der Waals surface area contributed by atoms with Gasteiger partial charge in [-0.1, -0.05) is 47.5 Å². The summed E-state index contributed by atoms with van der Waals surface area (Å²) in [6, 6.07) is 16.0. The van der Waals surface area contributed by atoms with Gasteiger partial charge in [0.2, 0.25) is 0 Å². The molecule has 0 aliphatic carbocycles. The molecule has 4 rings (SSSR count). The van der Waals surface area contributed by atoms with E-state index in [0.717, 1.165) is 28.2 Å². The van der Waals surface area contributed by atoms with E-state index in [2.05, 4.69) is 28.6 Å². The fraction of sp³-hybridized carbons (Fsp3) is 0.118. The van der Waals surface area contributed by atoms with E-state index in [1.165, 1.54) is 0 Å². The molecule has 0 unspecified atom stereocenters. The molecule has 22 heavy (non-hydrogen) atoms. The second kappa shape index (κ2) is 5.04. The Balaban J connectivity index is 1.90. The molecule has 2 aromatic carbocycles. The SMILES string of the molecule is Cc1cc2n(n1)[C@H](c1ccc(Cl)c(Cl)c1)Nc1ccccc1-2. The highest BCUT2D eigenvalue weighted by molar-refractivity contribution is 6.42. The molecule has 1 aliphatic heterocycles. The van der Waals surface area contributed by atoms with E-state index in [-0.39, 0.29) is 6.17 Å². The molecule has 0 fully saturated rings. The first kappa shape index (κ1) is 13.7. The molecule has 0 amide bonds. The van der Waals surface area contributed by atoms with Crippen molar-refractivity contribution in [3.05, 3.63) is 69.8 Å². The van der Waals surface area contributed by atoms with E-state index in [1.54, 1.807) is 0 Å². The Morgan fingerprint density at radius 3 is 2.68 bits per heavy atom. The number of rotatable bonds is 1. The highest BCUT2D eigenvalue weighted by Gasteiger charge is 2.26. The lowest BCUT2D eigenvalue weighted by atomic mass is 10.0. The molecule has 3 nitrogen and oxygen atoms in total. The van der Waals surface area contributed by atoms with Crippen LogP contribution in [0.2, 0.25) is 10.0 Å². The fourth-order valence-corrected chi connectivity index (χ4v) is 3.17. The van der Waals surface area contributed by atoms with Gasteiger partial charge in [0.05, 0.1) is 21.4 Å². The van der Waals surface area contributed by atoms with Crippen LogP contribution < -0.4 is 5.32 Å². The van der Waals surface area contributed by atoms with Crippen molar-refractivity contribution in [2.24, 2.45) is 0 Å². The Kier molecular flexibility index (Phi) is 3.13. The number of benzene rings is 2. The van der Waals surface area contributed by atoms with E-state index < -0.39 is 0 Å². The molecule has 0 radical (unpaired) electrons. The minimum absolute atomic E-state index is 0.103. The van der Waals surface area contributed by atoms with Crippen LogP contribution in [0.1, 0.15) is 17.4 Å². The second-order valence-corrected chi connectivity index (χ2v) is 6.20. The van der Waals surface area contributed by atoms with Gasteiger partial charge in [-0.15, -0.1) is 0 Å². The summed E-state index contributed by atoms with van der Waals surface area (Å²) < 4.78 is 2.00. The van der Waals surface area contributed by atoms with Gasteiger partial charge in [-0.3, -0.25) is 0 Å². The molecule has 1 atom stereocenters. The number of nitrogens with zero attached hydrogens (tertiary/aromatic N) is 2. The maximum Gasteiger partial charge on any atom is 0.147 e. The van der Waals surface area contributed by atoms with E-state index in [9.17, 15) is 0 Å². The number of fused-ring (bicyclic) bond motifs is 3. The minimum atomic E-state index is -0.103. The van der Waals surface area contributed by atoms with Gasteiger partial charge in [0.1, 0.15) is 6.17 Å². The topological polar surface area (TPSA) is 29.9 Å². The number of hydrogen-bond acceptors (Lipinski definition) is 2. The molecule has 1 aromatic heterocycles. The van der Waals surface area contributed by atoms with Crippen LogP contribution >= 0.6 is 23.2 Å². The predicted octanol–water partition coefficient (Wildman–Crippen LogP) is 5.14. The Hall–Kier alpha value is -1.97. The molecule has 110 valence electrons. The van der Waals surface area contributed by atoms with Crippen LogP contribution in [0, 0.1) is 6.92 Å². The van der Waals surface area contributed by atoms with Gasteiger partial charge >= 0.3 is 0 Å². The third-order valence-corrected chi connectivity index (χ3v) is 4.60. The van der Waals surface area contributed by atoms with Crippen molar-refractivity contribution in [3.8, 4) is 11.3 Å². The quantitative estimate of drug-likeness (QED) is 0.670. The Morgan fingerprint density at radius 2 is 1.86 bits per heavy atom. The van der Waals surface area contributed by atoms with E-state index in [1.807, 2.05) is 41.9 Å². The standard InChI is InChI=1S/C17H13Cl2N3/c1-10-8-16-12-4-2-3-5-15(12)20-17(22(16)21-10)11-6-7-13(18)14(19)9-11/h2-9,17,20H,1H3/t17-/m1/s1. The normalized spacial score (nSPS) is 15.9. The average Bonchev–Trinajstić information content (AvgIpc) is 2.91. The Bertz CT molecular complexity index is 870. The van der Waals surface area contributed by atoms with Crippen molar-refractivity contribution in [1.29, 1.82) is 0 Å².